The number of fused-ring (bicyclic) bond motifs is 2. The number of nitrogens with zero attached hydrogens (tertiary/aromatic N) is 5. The van der Waals surface area contributed by atoms with Gasteiger partial charge in [-0.1, -0.05) is 18.5 Å². The number of pyridine rings is 2. The Kier molecular flexibility index (Phi) is 8.73. The summed E-state index contributed by atoms with van der Waals surface area (Å²) in [6, 6.07) is 4.99. The van der Waals surface area contributed by atoms with Gasteiger partial charge < -0.3 is 14.8 Å². The van der Waals surface area contributed by atoms with Crippen LogP contribution >= 0.6 is 11.6 Å². The third kappa shape index (κ3) is 7.33. The summed E-state index contributed by atoms with van der Waals surface area (Å²) in [5, 5.41) is 8.16. The predicted molar refractivity (Wildman–Crippen MR) is 177 cm³/mol. The molecule has 3 aromatic heterocycles. The van der Waals surface area contributed by atoms with E-state index in [0.717, 1.165) is 10.6 Å². The van der Waals surface area contributed by atoms with Crippen LogP contribution in [-0.4, -0.2) is 57.3 Å². The zero-order chi connectivity index (χ0) is 34.6. The van der Waals surface area contributed by atoms with Crippen LogP contribution in [0.4, 0.5) is 31.3 Å². The fourth-order valence-corrected chi connectivity index (χ4v) is 7.10. The molecule has 0 bridgehead atoms. The lowest BCUT2D eigenvalue weighted by molar-refractivity contribution is 0.0430. The van der Waals surface area contributed by atoms with Crippen molar-refractivity contribution >= 4 is 61.7 Å². The van der Waals surface area contributed by atoms with Gasteiger partial charge in [0.25, 0.3) is 0 Å². The van der Waals surface area contributed by atoms with Crippen molar-refractivity contribution in [1.82, 2.24) is 19.7 Å². The lowest BCUT2D eigenvalue weighted by Gasteiger charge is -2.29. The maximum Gasteiger partial charge on any atom is 0.424 e. The van der Waals surface area contributed by atoms with E-state index in [1.54, 1.807) is 66.7 Å². The van der Waals surface area contributed by atoms with Crippen LogP contribution in [0.15, 0.2) is 36.8 Å². The third-order valence-corrected chi connectivity index (χ3v) is 9.18. The number of imide groups is 1. The molecule has 0 fully saturated rings. The minimum atomic E-state index is -3.26. The maximum atomic E-state index is 15.9. The number of carbonyl (C=O) groups excluding carboxylic acids is 2. The first-order chi connectivity index (χ1) is 21.7. The number of amides is 2. The Morgan fingerprint density at radius 1 is 1.00 bits per heavy atom. The fraction of sp³-hybridized carbons (Fsp3) is 0.406. The minimum Gasteiger partial charge on any atom is -0.443 e. The number of aromatic nitrogens is 4. The number of sulfone groups is 1. The molecule has 0 aliphatic carbocycles. The molecule has 47 heavy (non-hydrogen) atoms. The number of rotatable bonds is 4. The van der Waals surface area contributed by atoms with Crippen molar-refractivity contribution in [2.24, 2.45) is 0 Å². The van der Waals surface area contributed by atoms with Gasteiger partial charge in [-0.2, -0.15) is 10.00 Å². The summed E-state index contributed by atoms with van der Waals surface area (Å²) >= 11 is 6.52. The first kappa shape index (κ1) is 34.0. The minimum absolute atomic E-state index is 0.0405. The molecule has 0 spiro atoms. The molecule has 4 heterocycles. The molecule has 0 saturated heterocycles. The highest BCUT2D eigenvalue weighted by Crippen LogP contribution is 2.39. The van der Waals surface area contributed by atoms with Crippen molar-refractivity contribution in [2.75, 3.05) is 16.0 Å². The second kappa shape index (κ2) is 12.1. The highest BCUT2D eigenvalue weighted by Gasteiger charge is 2.35. The molecule has 1 atom stereocenters. The Labute approximate surface area is 277 Å². The molecule has 0 saturated carbocycles. The van der Waals surface area contributed by atoms with Crippen LogP contribution < -0.4 is 10.2 Å². The van der Waals surface area contributed by atoms with E-state index >= 15 is 4.39 Å². The number of ether oxygens (including phenoxy) is 2. The molecule has 12 nitrogen and oxygen atoms in total. The van der Waals surface area contributed by atoms with Crippen molar-refractivity contribution in [3.63, 3.8) is 0 Å². The van der Waals surface area contributed by atoms with Crippen LogP contribution in [0.5, 0.6) is 0 Å². The van der Waals surface area contributed by atoms with Gasteiger partial charge in [-0.15, -0.1) is 0 Å². The summed E-state index contributed by atoms with van der Waals surface area (Å²) in [7, 11) is -3.26. The molecule has 15 heteroatoms. The average Bonchev–Trinajstić information content (AvgIpc) is 3.31. The summed E-state index contributed by atoms with van der Waals surface area (Å²) in [5.74, 6) is -0.365. The van der Waals surface area contributed by atoms with Crippen molar-refractivity contribution in [2.45, 2.75) is 78.4 Å². The quantitative estimate of drug-likeness (QED) is 0.229. The van der Waals surface area contributed by atoms with Crippen molar-refractivity contribution in [3.05, 3.63) is 58.9 Å². The first-order valence-corrected chi connectivity index (χ1v) is 17.0. The largest absolute Gasteiger partial charge is 0.443 e. The van der Waals surface area contributed by atoms with Gasteiger partial charge in [0, 0.05) is 46.6 Å². The van der Waals surface area contributed by atoms with E-state index < -0.39 is 39.0 Å². The molecule has 1 aliphatic heterocycles. The number of carbonyl (C=O) groups is 2. The van der Waals surface area contributed by atoms with E-state index in [0.29, 0.717) is 28.0 Å². The van der Waals surface area contributed by atoms with Crippen LogP contribution in [0, 0.1) is 12.7 Å². The van der Waals surface area contributed by atoms with E-state index in [4.69, 9.17) is 21.1 Å². The molecule has 250 valence electrons. The SMILES string of the molecule is Cc1c(-c2cc3cc(Nc4cc5n(n4)CS(=O)(=O)CC5C)ncc3c(Cl)c2F)cncc1N(C(=O)OC(C)(C)C)C(=O)OC(C)(C)C. The lowest BCUT2D eigenvalue weighted by atomic mass is 9.98. The predicted octanol–water partition coefficient (Wildman–Crippen LogP) is 7.50. The summed E-state index contributed by atoms with van der Waals surface area (Å²) in [6.45, 7) is 13.4. The zero-order valence-corrected chi connectivity index (χ0v) is 28.9. The van der Waals surface area contributed by atoms with Crippen LogP contribution in [0.2, 0.25) is 5.02 Å². The average molecular weight is 687 g/mol. The lowest BCUT2D eigenvalue weighted by Crippen LogP contribution is -2.44. The highest BCUT2D eigenvalue weighted by atomic mass is 35.5. The van der Waals surface area contributed by atoms with Crippen LogP contribution in [0.25, 0.3) is 21.9 Å². The van der Waals surface area contributed by atoms with E-state index in [1.165, 1.54) is 23.3 Å². The second-order valence-corrected chi connectivity index (χ2v) is 15.9. The molecule has 1 aromatic carbocycles. The smallest absolute Gasteiger partial charge is 0.424 e. The van der Waals surface area contributed by atoms with Gasteiger partial charge in [-0.05, 0) is 71.5 Å². The second-order valence-electron chi connectivity index (χ2n) is 13.5. The first-order valence-electron chi connectivity index (χ1n) is 14.8. The Hall–Kier alpha value is -4.30. The summed E-state index contributed by atoms with van der Waals surface area (Å²) < 4.78 is 52.8. The molecular weight excluding hydrogens is 651 g/mol. The zero-order valence-electron chi connectivity index (χ0n) is 27.3. The van der Waals surface area contributed by atoms with E-state index in [-0.39, 0.29) is 39.4 Å². The standard InChI is InChI=1S/C32H36ClFN6O6S/c1-17-15-47(43,44)16-39-23(17)11-26(38-39)37-25-10-19-9-20(28(34)27(33)22(19)13-36-25)21-12-35-14-24(18(21)2)40(29(41)45-31(3,4)5)30(42)46-32(6,7)8/h9-14,17H,15-16H2,1-8H3,(H,36,37,38). The Morgan fingerprint density at radius 3 is 2.26 bits per heavy atom. The topological polar surface area (TPSA) is 146 Å². The Balaban J connectivity index is 1.56. The van der Waals surface area contributed by atoms with Gasteiger partial charge in [-0.3, -0.25) is 9.67 Å². The Morgan fingerprint density at radius 2 is 1.64 bits per heavy atom. The molecule has 1 unspecified atom stereocenters. The van der Waals surface area contributed by atoms with Crippen molar-refractivity contribution in [3.8, 4) is 11.1 Å². The monoisotopic (exact) mass is 686 g/mol. The summed E-state index contributed by atoms with van der Waals surface area (Å²) in [4.78, 5) is 36.0. The van der Waals surface area contributed by atoms with Crippen molar-refractivity contribution < 1.29 is 31.9 Å². The van der Waals surface area contributed by atoms with Crippen LogP contribution in [0.1, 0.15) is 65.6 Å². The van der Waals surface area contributed by atoms with Crippen LogP contribution in [0.3, 0.4) is 0 Å². The molecule has 4 aromatic rings. The van der Waals surface area contributed by atoms with Crippen molar-refractivity contribution in [1.29, 1.82) is 0 Å². The number of anilines is 3. The van der Waals surface area contributed by atoms with Gasteiger partial charge in [-0.25, -0.2) is 27.4 Å². The van der Waals surface area contributed by atoms with Gasteiger partial charge in [0.1, 0.15) is 28.7 Å². The van der Waals surface area contributed by atoms with Gasteiger partial charge >= 0.3 is 12.2 Å². The Bertz CT molecular complexity index is 1990. The van der Waals surface area contributed by atoms with E-state index in [1.807, 2.05) is 6.92 Å². The van der Waals surface area contributed by atoms with Gasteiger partial charge in [0.05, 0.1) is 22.7 Å². The van der Waals surface area contributed by atoms with E-state index in [9.17, 15) is 18.0 Å². The summed E-state index contributed by atoms with van der Waals surface area (Å²) in [6.07, 6.45) is 2.16. The molecule has 1 N–H and O–H groups in total. The fourth-order valence-electron chi connectivity index (χ4n) is 5.22. The number of hydrogen-bond donors (Lipinski definition) is 1. The third-order valence-electron chi connectivity index (χ3n) is 7.17. The molecular formula is C32H36ClFN6O6S. The summed E-state index contributed by atoms with van der Waals surface area (Å²) in [5.41, 5.74) is -0.365. The van der Waals surface area contributed by atoms with Gasteiger partial charge in [0.2, 0.25) is 0 Å². The number of hydrogen-bond acceptors (Lipinski definition) is 10. The number of benzene rings is 1. The number of nitrogens with one attached hydrogen (secondary N) is 1. The molecule has 0 radical (unpaired) electrons. The molecule has 2 amide bonds. The molecule has 5 rings (SSSR count). The highest BCUT2D eigenvalue weighted by molar-refractivity contribution is 7.90. The van der Waals surface area contributed by atoms with E-state index in [2.05, 4.69) is 20.4 Å². The normalized spacial score (nSPS) is 16.0. The van der Waals surface area contributed by atoms with Crippen LogP contribution in [-0.2, 0) is 25.2 Å². The number of halogens is 2. The maximum absolute atomic E-state index is 15.9. The molecule has 1 aliphatic rings. The van der Waals surface area contributed by atoms with Gasteiger partial charge in [0.15, 0.2) is 15.7 Å².